The lowest BCUT2D eigenvalue weighted by molar-refractivity contribution is -0.115. The molecule has 2 aromatic heterocycles. The van der Waals surface area contributed by atoms with Gasteiger partial charge in [0.1, 0.15) is 11.0 Å². The molecule has 0 unspecified atom stereocenters. The van der Waals surface area contributed by atoms with E-state index in [0.717, 1.165) is 10.4 Å². The van der Waals surface area contributed by atoms with E-state index in [1.54, 1.807) is 13.2 Å². The molecule has 0 bridgehead atoms. The SMILES string of the molecule is COc1cccc(NC(=O)[C@@H](Sc2nnc(-c3cccs3)n2N)c2ccccc2)c1. The number of nitrogens with zero attached hydrogens (tertiary/aromatic N) is 3. The van der Waals surface area contributed by atoms with Gasteiger partial charge < -0.3 is 15.9 Å². The van der Waals surface area contributed by atoms with Crippen molar-refractivity contribution in [2.45, 2.75) is 10.4 Å². The highest BCUT2D eigenvalue weighted by atomic mass is 32.2. The van der Waals surface area contributed by atoms with Crippen LogP contribution in [0.5, 0.6) is 5.75 Å². The van der Waals surface area contributed by atoms with Crippen LogP contribution in [-0.4, -0.2) is 27.9 Å². The molecule has 1 amide bonds. The second-order valence-electron chi connectivity index (χ2n) is 6.28. The number of nitrogen functional groups attached to an aromatic ring is 1. The van der Waals surface area contributed by atoms with Gasteiger partial charge >= 0.3 is 0 Å². The highest BCUT2D eigenvalue weighted by molar-refractivity contribution is 8.00. The van der Waals surface area contributed by atoms with E-state index < -0.39 is 5.25 Å². The van der Waals surface area contributed by atoms with Crippen LogP contribution in [0.1, 0.15) is 10.8 Å². The number of hydrogen-bond donors (Lipinski definition) is 2. The van der Waals surface area contributed by atoms with Crippen molar-refractivity contribution in [2.24, 2.45) is 0 Å². The van der Waals surface area contributed by atoms with Gasteiger partial charge in [-0.15, -0.1) is 21.5 Å². The average molecular weight is 438 g/mol. The lowest BCUT2D eigenvalue weighted by atomic mass is 10.1. The minimum absolute atomic E-state index is 0.194. The fourth-order valence-electron chi connectivity index (χ4n) is 2.85. The molecule has 2 aromatic carbocycles. The summed E-state index contributed by atoms with van der Waals surface area (Å²) in [6.45, 7) is 0. The minimum atomic E-state index is -0.569. The van der Waals surface area contributed by atoms with Gasteiger partial charge in [0.2, 0.25) is 11.1 Å². The van der Waals surface area contributed by atoms with Crippen LogP contribution in [-0.2, 0) is 4.79 Å². The van der Waals surface area contributed by atoms with Crippen molar-refractivity contribution >= 4 is 34.7 Å². The Kier molecular flexibility index (Phi) is 6.01. The number of thioether (sulfide) groups is 1. The summed E-state index contributed by atoms with van der Waals surface area (Å²) in [4.78, 5) is 14.1. The topological polar surface area (TPSA) is 95.1 Å². The van der Waals surface area contributed by atoms with Crippen molar-refractivity contribution in [1.82, 2.24) is 14.9 Å². The quantitative estimate of drug-likeness (QED) is 0.332. The summed E-state index contributed by atoms with van der Waals surface area (Å²) < 4.78 is 6.66. The third-order valence-corrected chi connectivity index (χ3v) is 6.38. The molecule has 9 heteroatoms. The Bertz CT molecular complexity index is 1130. The van der Waals surface area contributed by atoms with E-state index in [4.69, 9.17) is 10.6 Å². The van der Waals surface area contributed by atoms with Crippen LogP contribution in [0.25, 0.3) is 10.7 Å². The molecular weight excluding hydrogens is 418 g/mol. The largest absolute Gasteiger partial charge is 0.497 e. The summed E-state index contributed by atoms with van der Waals surface area (Å²) in [5, 5.41) is 13.2. The summed E-state index contributed by atoms with van der Waals surface area (Å²) in [7, 11) is 1.59. The zero-order valence-electron chi connectivity index (χ0n) is 16.1. The number of methoxy groups -OCH3 is 1. The molecule has 0 spiro atoms. The molecule has 0 aliphatic carbocycles. The van der Waals surface area contributed by atoms with Crippen LogP contribution < -0.4 is 15.9 Å². The molecule has 152 valence electrons. The summed E-state index contributed by atoms with van der Waals surface area (Å²) in [6, 6.07) is 20.6. The average Bonchev–Trinajstić information content (AvgIpc) is 3.42. The molecule has 3 N–H and O–H groups in total. The molecule has 0 aliphatic rings. The van der Waals surface area contributed by atoms with Gasteiger partial charge in [-0.2, -0.15) is 0 Å². The lowest BCUT2D eigenvalue weighted by Gasteiger charge is -2.16. The van der Waals surface area contributed by atoms with Crippen molar-refractivity contribution in [3.05, 3.63) is 77.7 Å². The third kappa shape index (κ3) is 4.32. The zero-order valence-corrected chi connectivity index (χ0v) is 17.7. The molecule has 4 aromatic rings. The molecule has 7 nitrogen and oxygen atoms in total. The Morgan fingerprint density at radius 3 is 2.70 bits per heavy atom. The van der Waals surface area contributed by atoms with Gasteiger partial charge in [0.05, 0.1) is 12.0 Å². The second kappa shape index (κ2) is 9.02. The maximum absolute atomic E-state index is 13.2. The fraction of sp³-hybridized carbons (Fsp3) is 0.0952. The van der Waals surface area contributed by atoms with Gasteiger partial charge in [-0.05, 0) is 29.1 Å². The molecule has 0 saturated heterocycles. The Morgan fingerprint density at radius 1 is 1.13 bits per heavy atom. The number of carbonyl (C=O) groups excluding carboxylic acids is 1. The molecule has 30 heavy (non-hydrogen) atoms. The smallest absolute Gasteiger partial charge is 0.242 e. The third-order valence-electron chi connectivity index (χ3n) is 4.31. The number of rotatable bonds is 7. The van der Waals surface area contributed by atoms with Gasteiger partial charge in [0.15, 0.2) is 5.82 Å². The van der Waals surface area contributed by atoms with Gasteiger partial charge in [-0.3, -0.25) is 4.79 Å². The number of hydrogen-bond acceptors (Lipinski definition) is 7. The number of nitrogens with two attached hydrogens (primary N) is 1. The van der Waals surface area contributed by atoms with Crippen molar-refractivity contribution < 1.29 is 9.53 Å². The van der Waals surface area contributed by atoms with Gasteiger partial charge in [-0.1, -0.05) is 54.2 Å². The minimum Gasteiger partial charge on any atom is -0.497 e. The number of nitrogens with one attached hydrogen (secondary N) is 1. The van der Waals surface area contributed by atoms with Crippen LogP contribution >= 0.6 is 23.1 Å². The first-order valence-electron chi connectivity index (χ1n) is 9.06. The Labute approximate surface area is 181 Å². The number of aromatic nitrogens is 3. The summed E-state index contributed by atoms with van der Waals surface area (Å²) in [5.74, 6) is 7.27. The number of carbonyl (C=O) groups is 1. The second-order valence-corrected chi connectivity index (χ2v) is 8.30. The normalized spacial score (nSPS) is 11.8. The first-order valence-corrected chi connectivity index (χ1v) is 10.8. The molecular formula is C21H19N5O2S2. The number of ether oxygens (including phenoxy) is 1. The lowest BCUT2D eigenvalue weighted by Crippen LogP contribution is -2.20. The van der Waals surface area contributed by atoms with Crippen molar-refractivity contribution in [1.29, 1.82) is 0 Å². The van der Waals surface area contributed by atoms with Crippen LogP contribution in [0, 0.1) is 0 Å². The van der Waals surface area contributed by atoms with Crippen molar-refractivity contribution in [3.63, 3.8) is 0 Å². The molecule has 4 rings (SSSR count). The summed E-state index contributed by atoms with van der Waals surface area (Å²) in [6.07, 6.45) is 0. The molecule has 0 radical (unpaired) electrons. The van der Waals surface area contributed by atoms with Crippen molar-refractivity contribution in [2.75, 3.05) is 18.3 Å². The van der Waals surface area contributed by atoms with Gasteiger partial charge in [0, 0.05) is 11.8 Å². The van der Waals surface area contributed by atoms with E-state index in [-0.39, 0.29) is 5.91 Å². The number of amides is 1. The molecule has 0 saturated carbocycles. The Hall–Kier alpha value is -3.30. The molecule has 2 heterocycles. The van der Waals surface area contributed by atoms with Crippen LogP contribution in [0.3, 0.4) is 0 Å². The van der Waals surface area contributed by atoms with E-state index >= 15 is 0 Å². The van der Waals surface area contributed by atoms with E-state index in [0.29, 0.717) is 22.4 Å². The first-order chi connectivity index (χ1) is 14.7. The van der Waals surface area contributed by atoms with E-state index in [2.05, 4.69) is 15.5 Å². The molecule has 0 aliphatic heterocycles. The number of anilines is 1. The van der Waals surface area contributed by atoms with E-state index in [9.17, 15) is 4.79 Å². The predicted octanol–water partition coefficient (Wildman–Crippen LogP) is 4.20. The maximum atomic E-state index is 13.2. The van der Waals surface area contributed by atoms with Crippen LogP contribution in [0.15, 0.2) is 77.3 Å². The molecule has 1 atom stereocenters. The van der Waals surface area contributed by atoms with Gasteiger partial charge in [0.25, 0.3) is 0 Å². The standard InChI is InChI=1S/C21H19N5O2S2/c1-28-16-10-5-9-15(13-16)23-20(27)18(14-7-3-2-4-8-14)30-21-25-24-19(26(21)22)17-11-6-12-29-17/h2-13,18H,22H2,1H3,(H,23,27)/t18-/m0/s1. The Morgan fingerprint density at radius 2 is 1.97 bits per heavy atom. The van der Waals surface area contributed by atoms with E-state index in [1.807, 2.05) is 66.0 Å². The summed E-state index contributed by atoms with van der Waals surface area (Å²) >= 11 is 2.78. The monoisotopic (exact) mass is 437 g/mol. The van der Waals surface area contributed by atoms with Gasteiger partial charge in [-0.25, -0.2) is 4.68 Å². The van der Waals surface area contributed by atoms with Crippen molar-refractivity contribution in [3.8, 4) is 16.5 Å². The fourth-order valence-corrected chi connectivity index (χ4v) is 4.51. The van der Waals surface area contributed by atoms with E-state index in [1.165, 1.54) is 27.8 Å². The highest BCUT2D eigenvalue weighted by Gasteiger charge is 2.26. The highest BCUT2D eigenvalue weighted by Crippen LogP contribution is 2.36. The Balaban J connectivity index is 1.62. The summed E-state index contributed by atoms with van der Waals surface area (Å²) in [5.41, 5.74) is 1.48. The molecule has 0 fully saturated rings. The van der Waals surface area contributed by atoms with Crippen LogP contribution in [0.2, 0.25) is 0 Å². The first kappa shape index (κ1) is 20.0. The zero-order chi connectivity index (χ0) is 20.9. The maximum Gasteiger partial charge on any atom is 0.242 e. The predicted molar refractivity (Wildman–Crippen MR) is 120 cm³/mol. The van der Waals surface area contributed by atoms with Crippen LogP contribution in [0.4, 0.5) is 5.69 Å². The number of thiophene rings is 1. The number of benzene rings is 2.